The highest BCUT2D eigenvalue weighted by atomic mass is 32.2. The number of nitrogens with zero attached hydrogens (tertiary/aromatic N) is 1. The molecule has 18 N–H and O–H groups in total. The molecule has 3 aromatic rings. The summed E-state index contributed by atoms with van der Waals surface area (Å²) in [5.41, 5.74) is 17.7. The van der Waals surface area contributed by atoms with Gasteiger partial charge in [0.2, 0.25) is 59.1 Å². The molecule has 0 heterocycles. The van der Waals surface area contributed by atoms with Gasteiger partial charge in [-0.3, -0.25) is 52.9 Å². The highest BCUT2D eigenvalue weighted by molar-refractivity contribution is 7.98. The Morgan fingerprint density at radius 3 is 1.49 bits per heavy atom. The van der Waals surface area contributed by atoms with E-state index in [0.717, 1.165) is 10.8 Å². The summed E-state index contributed by atoms with van der Waals surface area (Å²) in [4.78, 5) is 142. The fraction of sp³-hybridized carbons (Fsp3) is 0.613. The maximum Gasteiger partial charge on any atom is 0.247 e. The van der Waals surface area contributed by atoms with Crippen molar-refractivity contribution in [2.24, 2.45) is 22.2 Å². The Balaban J connectivity index is 1.82. The highest BCUT2D eigenvalue weighted by Gasteiger charge is 2.35. The molecule has 6 unspecified atom stereocenters. The Bertz CT molecular complexity index is 3260. The molecule has 610 valence electrons. The Kier molecular flexibility index (Phi) is 49.6. The lowest BCUT2D eigenvalue weighted by atomic mass is 9.99. The first-order chi connectivity index (χ1) is 52.3. The number of thioether (sulfide) groups is 2. The molecule has 0 aliphatic heterocycles. The number of aliphatic imine (C=N–C) groups is 1. The van der Waals surface area contributed by atoms with Gasteiger partial charge >= 0.3 is 0 Å². The van der Waals surface area contributed by atoms with Gasteiger partial charge in [0.1, 0.15) is 48.0 Å². The van der Waals surface area contributed by atoms with E-state index >= 15 is 4.79 Å². The van der Waals surface area contributed by atoms with Crippen molar-refractivity contribution >= 4 is 99.3 Å². The first-order valence-corrected chi connectivity index (χ1v) is 39.9. The molecular formula is C75H121N15O17S2. The lowest BCUT2D eigenvalue weighted by molar-refractivity contribution is -0.135. The van der Waals surface area contributed by atoms with E-state index in [2.05, 4.69) is 70.1 Å². The van der Waals surface area contributed by atoms with Gasteiger partial charge in [0.05, 0.1) is 85.8 Å². The van der Waals surface area contributed by atoms with E-state index in [0.29, 0.717) is 109 Å². The van der Waals surface area contributed by atoms with Crippen molar-refractivity contribution in [3.8, 4) is 5.75 Å². The van der Waals surface area contributed by atoms with Gasteiger partial charge in [0.15, 0.2) is 5.96 Å². The number of benzene rings is 3. The van der Waals surface area contributed by atoms with Crippen LogP contribution in [-0.2, 0) is 89.2 Å². The summed E-state index contributed by atoms with van der Waals surface area (Å²) in [7, 11) is 0. The summed E-state index contributed by atoms with van der Waals surface area (Å²) in [6.07, 6.45) is 6.27. The Morgan fingerprint density at radius 2 is 0.945 bits per heavy atom. The van der Waals surface area contributed by atoms with Gasteiger partial charge < -0.3 is 109 Å². The molecular weight excluding hydrogens is 1450 g/mol. The molecule has 0 saturated heterocycles. The number of amides is 10. The van der Waals surface area contributed by atoms with Gasteiger partial charge in [-0.15, -0.1) is 0 Å². The van der Waals surface area contributed by atoms with Gasteiger partial charge in [-0.1, -0.05) is 88.9 Å². The van der Waals surface area contributed by atoms with Crippen LogP contribution in [0.2, 0.25) is 0 Å². The van der Waals surface area contributed by atoms with E-state index in [4.69, 9.17) is 45.6 Å². The Labute approximate surface area is 649 Å². The van der Waals surface area contributed by atoms with Crippen molar-refractivity contribution in [1.82, 2.24) is 58.5 Å². The molecule has 34 heteroatoms. The number of guanidine groups is 1. The smallest absolute Gasteiger partial charge is 0.247 e. The number of carbonyl (C=O) groups is 10. The van der Waals surface area contributed by atoms with Crippen LogP contribution in [-0.4, -0.2) is 261 Å². The number of unbranched alkanes of at least 4 members (excludes halogenated alkanes) is 2. The van der Waals surface area contributed by atoms with Crippen LogP contribution in [0.4, 0.5) is 0 Å². The second kappa shape index (κ2) is 57.0. The van der Waals surface area contributed by atoms with Crippen LogP contribution < -0.4 is 75.7 Å². The van der Waals surface area contributed by atoms with Crippen molar-refractivity contribution < 1.29 is 81.5 Å². The number of ether oxygens (including phenoxy) is 6. The molecule has 0 aliphatic rings. The average molecular weight is 1570 g/mol. The zero-order valence-corrected chi connectivity index (χ0v) is 66.1. The van der Waals surface area contributed by atoms with Crippen molar-refractivity contribution in [3.05, 3.63) is 90.0 Å². The van der Waals surface area contributed by atoms with E-state index in [1.165, 1.54) is 42.6 Å². The number of primary amides is 1. The van der Waals surface area contributed by atoms with Crippen LogP contribution in [0, 0.1) is 0 Å². The third-order valence-corrected chi connectivity index (χ3v) is 17.7. The second-order valence-electron chi connectivity index (χ2n) is 26.4. The summed E-state index contributed by atoms with van der Waals surface area (Å²) in [6, 6.07) is 10.5. The van der Waals surface area contributed by atoms with Gasteiger partial charge in [0.25, 0.3) is 0 Å². The lowest BCUT2D eigenvalue weighted by Gasteiger charge is -2.28. The standard InChI is InChI=1S/C75H121N15O17S2/c1-50(2)79-28-13-11-17-59(68(95)81-31-33-103-35-37-105-39-41-107-43-42-106-40-38-104-36-34-102-32-26-65(76)93)86-73(100)64(49-109-8)85-66(94)48-83-69(96)62(47-55-19-22-56-15-9-10-16-57(56)45-55)89-74(101)67(52(5)25-30-82-75(77)78)90-71(98)60(18-12-14-29-80-51(3)4)87-72(99)63(46-54-20-23-58(92)24-21-54)88-70(97)61(27-44-108-7)84-53(6)91/h9-10,15-16,19-24,45,50-51,59-64,67,79-80,92H,5,11-14,17-18,25-44,46-49H2,1-4,6-8H3,(H2,76,93)(H,81,95)(H,83,96)(H,84,91)(H,85,94)(H,86,100)(H,87,99)(H,88,97)(H,89,101)(H,90,98)(H4,77,78,82)/t59?,60?,61?,62?,63?,64?,67-/m1/s1. The van der Waals surface area contributed by atoms with Crippen LogP contribution in [0.15, 0.2) is 83.9 Å². The number of carbonyl (C=O) groups excluding carboxylic acids is 10. The largest absolute Gasteiger partial charge is 0.508 e. The number of hydrogen-bond acceptors (Lipinski definition) is 22. The summed E-state index contributed by atoms with van der Waals surface area (Å²) in [5.74, 6) is -6.44. The van der Waals surface area contributed by atoms with Crippen LogP contribution in [0.25, 0.3) is 10.8 Å². The number of aromatic hydroxyl groups is 1. The molecule has 0 aromatic heterocycles. The number of hydrogen-bond donors (Lipinski definition) is 15. The minimum Gasteiger partial charge on any atom is -0.508 e. The number of nitrogens with one attached hydrogen (secondary N) is 11. The topological polar surface area (TPSA) is 469 Å². The third kappa shape index (κ3) is 43.7. The number of nitrogens with two attached hydrogens (primary N) is 3. The minimum absolute atomic E-state index is 0.0360. The van der Waals surface area contributed by atoms with Crippen LogP contribution >= 0.6 is 23.5 Å². The maximum atomic E-state index is 15.1. The molecule has 0 radical (unpaired) electrons. The molecule has 0 spiro atoms. The predicted molar refractivity (Wildman–Crippen MR) is 423 cm³/mol. The van der Waals surface area contributed by atoms with E-state index in [-0.39, 0.29) is 120 Å². The molecule has 7 atom stereocenters. The normalized spacial score (nSPS) is 13.2. The van der Waals surface area contributed by atoms with Crippen LogP contribution in [0.1, 0.15) is 104 Å². The summed E-state index contributed by atoms with van der Waals surface area (Å²) >= 11 is 2.72. The number of fused-ring (bicyclic) bond motifs is 1. The zero-order valence-electron chi connectivity index (χ0n) is 64.4. The monoisotopic (exact) mass is 1570 g/mol. The Hall–Kier alpha value is -8.19. The minimum atomic E-state index is -1.61. The molecule has 109 heavy (non-hydrogen) atoms. The van der Waals surface area contributed by atoms with Crippen molar-refractivity contribution in [3.63, 3.8) is 0 Å². The molecule has 3 aromatic carbocycles. The van der Waals surface area contributed by atoms with Gasteiger partial charge in [-0.2, -0.15) is 23.5 Å². The SMILES string of the molecule is C=C(CCN=C(N)N)[C@@H](NC(=O)C(CCCCNC(C)C)NC(=O)C(Cc1ccc(O)cc1)NC(=O)C(CCSC)NC(C)=O)C(=O)NC(Cc1ccc2ccccc2c1)C(=O)NCC(=O)NC(CSC)C(=O)NC(CCCCNC(C)C)C(=O)NCCOCCOCCOCCOCCOCCOCCC(N)=O. The first-order valence-electron chi connectivity index (χ1n) is 37.1. The number of rotatable bonds is 62. The quantitative estimate of drug-likeness (QED) is 0.0159. The number of phenols is 1. The third-order valence-electron chi connectivity index (χ3n) is 16.4. The Morgan fingerprint density at radius 1 is 0.477 bits per heavy atom. The zero-order chi connectivity index (χ0) is 80.1. The summed E-state index contributed by atoms with van der Waals surface area (Å²) in [5, 5.41) is 43.4. The van der Waals surface area contributed by atoms with E-state index in [1.54, 1.807) is 24.5 Å². The fourth-order valence-corrected chi connectivity index (χ4v) is 11.7. The lowest BCUT2D eigenvalue weighted by Crippen LogP contribution is -2.60. The molecule has 10 amide bonds. The highest BCUT2D eigenvalue weighted by Crippen LogP contribution is 2.19. The van der Waals surface area contributed by atoms with Gasteiger partial charge in [-0.05, 0) is 122 Å². The van der Waals surface area contributed by atoms with Crippen molar-refractivity contribution in [2.75, 3.05) is 136 Å². The van der Waals surface area contributed by atoms with E-state index in [9.17, 15) is 48.3 Å². The molecule has 32 nitrogen and oxygen atoms in total. The van der Waals surface area contributed by atoms with Gasteiger partial charge in [-0.25, -0.2) is 0 Å². The van der Waals surface area contributed by atoms with Crippen molar-refractivity contribution in [1.29, 1.82) is 0 Å². The summed E-state index contributed by atoms with van der Waals surface area (Å²) in [6.45, 7) is 18.0. The van der Waals surface area contributed by atoms with E-state index in [1.807, 2.05) is 70.3 Å². The van der Waals surface area contributed by atoms with Crippen LogP contribution in [0.3, 0.4) is 0 Å². The van der Waals surface area contributed by atoms with Crippen molar-refractivity contribution in [2.45, 2.75) is 160 Å². The first kappa shape index (κ1) is 95.0. The molecule has 0 bridgehead atoms. The fourth-order valence-electron chi connectivity index (χ4n) is 10.7. The van der Waals surface area contributed by atoms with Crippen LogP contribution in [0.5, 0.6) is 5.75 Å². The summed E-state index contributed by atoms with van der Waals surface area (Å²) < 4.78 is 32.9. The molecule has 0 saturated carbocycles. The van der Waals surface area contributed by atoms with E-state index < -0.39 is 108 Å². The second-order valence-corrected chi connectivity index (χ2v) is 28.3. The van der Waals surface area contributed by atoms with Gasteiger partial charge in [0, 0.05) is 57.1 Å². The molecule has 0 aliphatic carbocycles. The average Bonchev–Trinajstić information content (AvgIpc) is 0.838. The molecule has 3 rings (SSSR count). The number of phenolic OH excluding ortho intramolecular Hbond substituents is 1. The predicted octanol–water partition coefficient (Wildman–Crippen LogP) is 0.624. The molecule has 0 fully saturated rings. The maximum absolute atomic E-state index is 15.1.